The first-order valence-electron chi connectivity index (χ1n) is 7.65. The van der Waals surface area contributed by atoms with Gasteiger partial charge in [0.15, 0.2) is 0 Å². The molecule has 7 heteroatoms. The fourth-order valence-electron chi connectivity index (χ4n) is 3.41. The van der Waals surface area contributed by atoms with Gasteiger partial charge in [0.05, 0.1) is 10.8 Å². The predicted molar refractivity (Wildman–Crippen MR) is 81.1 cm³/mol. The molecule has 2 fully saturated rings. The number of nitrogens with zero attached hydrogens (tertiary/aromatic N) is 2. The maximum atomic E-state index is 12.7. The van der Waals surface area contributed by atoms with Crippen molar-refractivity contribution in [2.45, 2.75) is 19.8 Å². The van der Waals surface area contributed by atoms with Crippen molar-refractivity contribution in [3.63, 3.8) is 0 Å². The van der Waals surface area contributed by atoms with Crippen molar-refractivity contribution in [3.8, 4) is 0 Å². The van der Waals surface area contributed by atoms with Crippen molar-refractivity contribution in [3.05, 3.63) is 39.4 Å². The molecule has 1 heterocycles. The van der Waals surface area contributed by atoms with E-state index < -0.39 is 22.7 Å². The van der Waals surface area contributed by atoms with Gasteiger partial charge in [0.1, 0.15) is 5.56 Å². The van der Waals surface area contributed by atoms with Crippen molar-refractivity contribution < 1.29 is 19.6 Å². The number of carbonyl (C=O) groups excluding carboxylic acids is 1. The number of rotatable bonds is 4. The summed E-state index contributed by atoms with van der Waals surface area (Å²) in [6.45, 7) is 2.25. The molecule has 0 radical (unpaired) electrons. The average Bonchev–Trinajstić information content (AvgIpc) is 3.24. The zero-order chi connectivity index (χ0) is 16.7. The number of likely N-dealkylation sites (tertiary alicyclic amines) is 1. The Bertz CT molecular complexity index is 683. The summed E-state index contributed by atoms with van der Waals surface area (Å²) in [5, 5.41) is 20.5. The van der Waals surface area contributed by atoms with E-state index in [0.29, 0.717) is 12.5 Å². The molecule has 122 valence electrons. The molecular weight excluding hydrogens is 300 g/mol. The van der Waals surface area contributed by atoms with Crippen LogP contribution in [0.15, 0.2) is 18.2 Å². The summed E-state index contributed by atoms with van der Waals surface area (Å²) in [5.41, 5.74) is 0.560. The lowest BCUT2D eigenvalue weighted by Crippen LogP contribution is -2.30. The smallest absolute Gasteiger partial charge is 0.308 e. The highest BCUT2D eigenvalue weighted by atomic mass is 16.6. The van der Waals surface area contributed by atoms with Crippen LogP contribution in [0, 0.1) is 34.8 Å². The predicted octanol–water partition coefficient (Wildman–Crippen LogP) is 2.09. The summed E-state index contributed by atoms with van der Waals surface area (Å²) < 4.78 is 0. The normalized spacial score (nSPS) is 23.8. The molecule has 0 bridgehead atoms. The van der Waals surface area contributed by atoms with Gasteiger partial charge in [-0.3, -0.25) is 19.7 Å². The first-order chi connectivity index (χ1) is 10.9. The van der Waals surface area contributed by atoms with Gasteiger partial charge in [-0.25, -0.2) is 0 Å². The standard InChI is InChI=1S/C16H18N2O5/c1-9-2-5-14(18(22)23)11(6-9)15(19)17-7-12(10-3-4-10)13(8-17)16(20)21/h2,5-6,10,12-13H,3-4,7-8H2,1H3,(H,20,21)/t12-,13+/m1/s1. The summed E-state index contributed by atoms with van der Waals surface area (Å²) in [7, 11) is 0. The molecule has 1 aliphatic carbocycles. The third-order valence-electron chi connectivity index (χ3n) is 4.78. The Hall–Kier alpha value is -2.44. The highest BCUT2D eigenvalue weighted by Gasteiger charge is 2.47. The van der Waals surface area contributed by atoms with Crippen molar-refractivity contribution in [2.24, 2.45) is 17.8 Å². The van der Waals surface area contributed by atoms with Gasteiger partial charge in [0.25, 0.3) is 11.6 Å². The quantitative estimate of drug-likeness (QED) is 0.676. The number of hydrogen-bond donors (Lipinski definition) is 1. The van der Waals surface area contributed by atoms with Gasteiger partial charge in [-0.15, -0.1) is 0 Å². The van der Waals surface area contributed by atoms with Crippen LogP contribution < -0.4 is 0 Å². The molecule has 1 N–H and O–H groups in total. The van der Waals surface area contributed by atoms with Crippen LogP contribution >= 0.6 is 0 Å². The van der Waals surface area contributed by atoms with Crippen molar-refractivity contribution in [2.75, 3.05) is 13.1 Å². The number of carboxylic acid groups (broad SMARTS) is 1. The van der Waals surface area contributed by atoms with E-state index in [1.54, 1.807) is 13.0 Å². The van der Waals surface area contributed by atoms with E-state index in [4.69, 9.17) is 0 Å². The highest BCUT2D eigenvalue weighted by Crippen LogP contribution is 2.44. The van der Waals surface area contributed by atoms with Crippen LogP contribution in [0.1, 0.15) is 28.8 Å². The van der Waals surface area contributed by atoms with E-state index in [9.17, 15) is 24.8 Å². The molecule has 2 atom stereocenters. The largest absolute Gasteiger partial charge is 0.481 e. The van der Waals surface area contributed by atoms with Gasteiger partial charge in [0, 0.05) is 19.2 Å². The van der Waals surface area contributed by atoms with E-state index >= 15 is 0 Å². The molecule has 0 aromatic heterocycles. The van der Waals surface area contributed by atoms with Crippen molar-refractivity contribution in [1.82, 2.24) is 4.90 Å². The van der Waals surface area contributed by atoms with Gasteiger partial charge >= 0.3 is 5.97 Å². The van der Waals surface area contributed by atoms with E-state index in [1.807, 2.05) is 0 Å². The van der Waals surface area contributed by atoms with Crippen LogP contribution in [0.3, 0.4) is 0 Å². The summed E-state index contributed by atoms with van der Waals surface area (Å²) >= 11 is 0. The molecule has 23 heavy (non-hydrogen) atoms. The van der Waals surface area contributed by atoms with E-state index in [2.05, 4.69) is 0 Å². The fraction of sp³-hybridized carbons (Fsp3) is 0.500. The molecular formula is C16H18N2O5. The fourth-order valence-corrected chi connectivity index (χ4v) is 3.41. The maximum absolute atomic E-state index is 12.7. The number of benzene rings is 1. The van der Waals surface area contributed by atoms with Gasteiger partial charge in [0.2, 0.25) is 0 Å². The third-order valence-corrected chi connectivity index (χ3v) is 4.78. The molecule has 3 rings (SSSR count). The van der Waals surface area contributed by atoms with Crippen LogP contribution in [0.2, 0.25) is 0 Å². The van der Waals surface area contributed by atoms with Crippen LogP contribution in [0.25, 0.3) is 0 Å². The van der Waals surface area contributed by atoms with Gasteiger partial charge in [-0.05, 0) is 43.2 Å². The summed E-state index contributed by atoms with van der Waals surface area (Å²) in [6.07, 6.45) is 2.00. The molecule has 0 unspecified atom stereocenters. The molecule has 0 spiro atoms. The molecule has 1 aromatic carbocycles. The number of nitro groups is 1. The third kappa shape index (κ3) is 2.91. The van der Waals surface area contributed by atoms with Crippen molar-refractivity contribution >= 4 is 17.6 Å². The lowest BCUT2D eigenvalue weighted by Gasteiger charge is -2.16. The van der Waals surface area contributed by atoms with Gasteiger partial charge in [-0.1, -0.05) is 6.07 Å². The molecule has 1 amide bonds. The molecule has 1 saturated carbocycles. The Labute approximate surface area is 133 Å². The van der Waals surface area contributed by atoms with E-state index in [1.165, 1.54) is 17.0 Å². The number of amides is 1. The number of aryl methyl sites for hydroxylation is 1. The van der Waals surface area contributed by atoms with Crippen molar-refractivity contribution in [1.29, 1.82) is 0 Å². The first kappa shape index (κ1) is 15.5. The highest BCUT2D eigenvalue weighted by molar-refractivity contribution is 5.98. The van der Waals surface area contributed by atoms with Gasteiger partial charge in [-0.2, -0.15) is 0 Å². The number of carboxylic acids is 1. The van der Waals surface area contributed by atoms with Crippen LogP contribution in [0.4, 0.5) is 5.69 Å². The lowest BCUT2D eigenvalue weighted by atomic mass is 9.92. The Morgan fingerprint density at radius 3 is 2.57 bits per heavy atom. The summed E-state index contributed by atoms with van der Waals surface area (Å²) in [5.74, 6) is -1.59. The Morgan fingerprint density at radius 1 is 1.30 bits per heavy atom. The summed E-state index contributed by atoms with van der Waals surface area (Å²) in [6, 6.07) is 4.42. The monoisotopic (exact) mass is 318 g/mol. The second-order valence-electron chi connectivity index (χ2n) is 6.43. The minimum Gasteiger partial charge on any atom is -0.481 e. The first-order valence-corrected chi connectivity index (χ1v) is 7.65. The van der Waals surface area contributed by atoms with Gasteiger partial charge < -0.3 is 10.0 Å². The number of hydrogen-bond acceptors (Lipinski definition) is 4. The Morgan fingerprint density at radius 2 is 2.00 bits per heavy atom. The maximum Gasteiger partial charge on any atom is 0.308 e. The molecule has 2 aliphatic rings. The Kier molecular flexibility index (Phi) is 3.79. The second kappa shape index (κ2) is 5.64. The zero-order valence-electron chi connectivity index (χ0n) is 12.8. The summed E-state index contributed by atoms with van der Waals surface area (Å²) in [4.78, 5) is 36.2. The van der Waals surface area contributed by atoms with Crippen LogP contribution in [0.5, 0.6) is 0 Å². The molecule has 1 saturated heterocycles. The van der Waals surface area contributed by atoms with E-state index in [-0.39, 0.29) is 23.7 Å². The van der Waals surface area contributed by atoms with Crippen LogP contribution in [-0.2, 0) is 4.79 Å². The topological polar surface area (TPSA) is 101 Å². The zero-order valence-corrected chi connectivity index (χ0v) is 12.8. The van der Waals surface area contributed by atoms with E-state index in [0.717, 1.165) is 18.4 Å². The number of carbonyl (C=O) groups is 2. The molecule has 1 aliphatic heterocycles. The molecule has 1 aromatic rings. The van der Waals surface area contributed by atoms with Crippen LogP contribution in [-0.4, -0.2) is 39.9 Å². The number of aliphatic carboxylic acids is 1. The minimum atomic E-state index is -0.893. The second-order valence-corrected chi connectivity index (χ2v) is 6.43. The molecule has 7 nitrogen and oxygen atoms in total. The average molecular weight is 318 g/mol. The minimum absolute atomic E-state index is 0.0376. The Balaban J connectivity index is 1.88. The number of nitro benzene ring substituents is 1. The lowest BCUT2D eigenvalue weighted by molar-refractivity contribution is -0.385. The SMILES string of the molecule is Cc1ccc([N+](=O)[O-])c(C(=O)N2C[C@H](C(=O)O)[C@@H](C3CC3)C2)c1.